The van der Waals surface area contributed by atoms with Crippen molar-refractivity contribution < 1.29 is 9.59 Å². The van der Waals surface area contributed by atoms with Crippen LogP contribution in [-0.4, -0.2) is 36.3 Å². The van der Waals surface area contributed by atoms with Gasteiger partial charge in [-0.3, -0.25) is 4.79 Å². The number of ketones is 1. The fourth-order valence-electron chi connectivity index (χ4n) is 2.00. The molecule has 1 rings (SSSR count). The number of hydrogen-bond acceptors (Lipinski definition) is 2. The molecule has 0 aliphatic carbocycles. The van der Waals surface area contributed by atoms with E-state index in [2.05, 4.69) is 12.2 Å². The quantitative estimate of drug-likeness (QED) is 0.794. The molecular weight excluding hydrogens is 204 g/mol. The number of piperidine rings is 1. The molecule has 0 aromatic carbocycles. The first kappa shape index (κ1) is 13.0. The third-order valence-electron chi connectivity index (χ3n) is 3.23. The number of carbonyl (C=O) groups excluding carboxylic acids is 2. The lowest BCUT2D eigenvalue weighted by molar-refractivity contribution is -0.116. The summed E-state index contributed by atoms with van der Waals surface area (Å²) in [5, 5.41) is 2.78. The standard InChI is InChI=1S/C12H22N2O2/c1-3-11-5-8-14(9-6-11)12(16)13-7-4-10(2)15/h11H,3-9H2,1-2H3,(H,13,16). The topological polar surface area (TPSA) is 49.4 Å². The molecule has 1 fully saturated rings. The summed E-state index contributed by atoms with van der Waals surface area (Å²) in [5.74, 6) is 0.895. The number of Topliss-reactive ketones (excluding diaryl/α,β-unsaturated/α-hetero) is 1. The Morgan fingerprint density at radius 3 is 2.44 bits per heavy atom. The van der Waals surface area contributed by atoms with E-state index in [1.165, 1.54) is 6.42 Å². The number of hydrogen-bond donors (Lipinski definition) is 1. The fraction of sp³-hybridized carbons (Fsp3) is 0.833. The average Bonchev–Trinajstić information content (AvgIpc) is 2.28. The highest BCUT2D eigenvalue weighted by Crippen LogP contribution is 2.19. The van der Waals surface area contributed by atoms with Gasteiger partial charge < -0.3 is 10.2 Å². The van der Waals surface area contributed by atoms with E-state index in [-0.39, 0.29) is 11.8 Å². The van der Waals surface area contributed by atoms with Crippen LogP contribution in [0.5, 0.6) is 0 Å². The minimum atomic E-state index is -0.0178. The van der Waals surface area contributed by atoms with Crippen molar-refractivity contribution in [3.63, 3.8) is 0 Å². The molecule has 0 spiro atoms. The van der Waals surface area contributed by atoms with Crippen LogP contribution < -0.4 is 5.32 Å². The molecule has 0 radical (unpaired) electrons. The molecule has 1 saturated heterocycles. The maximum absolute atomic E-state index is 11.7. The van der Waals surface area contributed by atoms with E-state index in [1.54, 1.807) is 6.92 Å². The molecule has 1 N–H and O–H groups in total. The molecule has 1 aliphatic heterocycles. The Balaban J connectivity index is 2.20. The molecule has 1 heterocycles. The van der Waals surface area contributed by atoms with Crippen molar-refractivity contribution in [1.82, 2.24) is 10.2 Å². The number of likely N-dealkylation sites (tertiary alicyclic amines) is 1. The lowest BCUT2D eigenvalue weighted by atomic mass is 9.95. The summed E-state index contributed by atoms with van der Waals surface area (Å²) in [6, 6.07) is -0.0178. The van der Waals surface area contributed by atoms with Gasteiger partial charge in [-0.25, -0.2) is 4.79 Å². The fourth-order valence-corrected chi connectivity index (χ4v) is 2.00. The van der Waals surface area contributed by atoms with Crippen LogP contribution in [-0.2, 0) is 4.79 Å². The SMILES string of the molecule is CCC1CCN(C(=O)NCCC(C)=O)CC1. The summed E-state index contributed by atoms with van der Waals surface area (Å²) >= 11 is 0. The van der Waals surface area contributed by atoms with Crippen LogP contribution in [0.15, 0.2) is 0 Å². The summed E-state index contributed by atoms with van der Waals surface area (Å²) < 4.78 is 0. The molecule has 1 aliphatic rings. The normalized spacial score (nSPS) is 17.2. The molecule has 4 heteroatoms. The predicted octanol–water partition coefficient (Wildman–Crippen LogP) is 1.80. The van der Waals surface area contributed by atoms with Gasteiger partial charge in [0.2, 0.25) is 0 Å². The van der Waals surface area contributed by atoms with Gasteiger partial charge in [0.25, 0.3) is 0 Å². The lowest BCUT2D eigenvalue weighted by Crippen LogP contribution is -2.44. The first-order chi connectivity index (χ1) is 7.63. The second kappa shape index (κ2) is 6.51. The molecule has 2 amide bonds. The maximum Gasteiger partial charge on any atom is 0.317 e. The number of nitrogens with one attached hydrogen (secondary N) is 1. The Hall–Kier alpha value is -1.06. The summed E-state index contributed by atoms with van der Waals surface area (Å²) in [6.07, 6.45) is 3.85. The van der Waals surface area contributed by atoms with E-state index >= 15 is 0 Å². The minimum absolute atomic E-state index is 0.0178. The van der Waals surface area contributed by atoms with E-state index < -0.39 is 0 Å². The van der Waals surface area contributed by atoms with Crippen molar-refractivity contribution in [3.05, 3.63) is 0 Å². The molecule has 0 aromatic heterocycles. The second-order valence-corrected chi connectivity index (χ2v) is 4.52. The zero-order valence-electron chi connectivity index (χ0n) is 10.3. The highest BCUT2D eigenvalue weighted by atomic mass is 16.2. The largest absolute Gasteiger partial charge is 0.338 e. The number of urea groups is 1. The molecular formula is C12H22N2O2. The highest BCUT2D eigenvalue weighted by Gasteiger charge is 2.21. The van der Waals surface area contributed by atoms with Gasteiger partial charge in [0, 0.05) is 26.1 Å². The van der Waals surface area contributed by atoms with Gasteiger partial charge in [-0.05, 0) is 25.7 Å². The molecule has 0 atom stereocenters. The Kier molecular flexibility index (Phi) is 5.29. The Morgan fingerprint density at radius 2 is 1.94 bits per heavy atom. The van der Waals surface area contributed by atoms with E-state index in [4.69, 9.17) is 0 Å². The van der Waals surface area contributed by atoms with Crippen LogP contribution in [0.1, 0.15) is 39.5 Å². The molecule has 16 heavy (non-hydrogen) atoms. The molecule has 0 saturated carbocycles. The van der Waals surface area contributed by atoms with Crippen LogP contribution >= 0.6 is 0 Å². The van der Waals surface area contributed by atoms with Gasteiger partial charge in [0.1, 0.15) is 5.78 Å². The van der Waals surface area contributed by atoms with Gasteiger partial charge in [0.05, 0.1) is 0 Å². The molecule has 0 aromatic rings. The molecule has 0 unspecified atom stereocenters. The van der Waals surface area contributed by atoms with Crippen LogP contribution in [0.3, 0.4) is 0 Å². The Morgan fingerprint density at radius 1 is 1.31 bits per heavy atom. The van der Waals surface area contributed by atoms with E-state index in [0.717, 1.165) is 31.8 Å². The van der Waals surface area contributed by atoms with Crippen LogP contribution in [0.25, 0.3) is 0 Å². The first-order valence-electron chi connectivity index (χ1n) is 6.15. The van der Waals surface area contributed by atoms with Crippen molar-refractivity contribution in [3.8, 4) is 0 Å². The van der Waals surface area contributed by atoms with Crippen LogP contribution in [0, 0.1) is 5.92 Å². The van der Waals surface area contributed by atoms with Crippen molar-refractivity contribution in [2.75, 3.05) is 19.6 Å². The maximum atomic E-state index is 11.7. The van der Waals surface area contributed by atoms with E-state index in [9.17, 15) is 9.59 Å². The average molecular weight is 226 g/mol. The van der Waals surface area contributed by atoms with Gasteiger partial charge >= 0.3 is 6.03 Å². The lowest BCUT2D eigenvalue weighted by Gasteiger charge is -2.31. The van der Waals surface area contributed by atoms with Crippen molar-refractivity contribution >= 4 is 11.8 Å². The summed E-state index contributed by atoms with van der Waals surface area (Å²) in [4.78, 5) is 24.3. The molecule has 92 valence electrons. The minimum Gasteiger partial charge on any atom is -0.338 e. The Bertz CT molecular complexity index is 245. The zero-order valence-corrected chi connectivity index (χ0v) is 10.3. The highest BCUT2D eigenvalue weighted by molar-refractivity contribution is 5.78. The summed E-state index contributed by atoms with van der Waals surface area (Å²) in [7, 11) is 0. The number of amides is 2. The van der Waals surface area contributed by atoms with Crippen LogP contribution in [0.4, 0.5) is 4.79 Å². The van der Waals surface area contributed by atoms with Crippen LogP contribution in [0.2, 0.25) is 0 Å². The number of nitrogens with zero attached hydrogens (tertiary/aromatic N) is 1. The molecule has 4 nitrogen and oxygen atoms in total. The third kappa shape index (κ3) is 4.21. The van der Waals surface area contributed by atoms with Crippen molar-refractivity contribution in [2.45, 2.75) is 39.5 Å². The zero-order chi connectivity index (χ0) is 12.0. The third-order valence-corrected chi connectivity index (χ3v) is 3.23. The summed E-state index contributed by atoms with van der Waals surface area (Å²) in [5.41, 5.74) is 0. The number of carbonyl (C=O) groups is 2. The summed E-state index contributed by atoms with van der Waals surface area (Å²) in [6.45, 7) is 5.91. The predicted molar refractivity (Wildman–Crippen MR) is 63.3 cm³/mol. The van der Waals surface area contributed by atoms with Crippen molar-refractivity contribution in [2.24, 2.45) is 5.92 Å². The first-order valence-corrected chi connectivity index (χ1v) is 6.15. The number of rotatable bonds is 4. The molecule has 0 bridgehead atoms. The van der Waals surface area contributed by atoms with Crippen molar-refractivity contribution in [1.29, 1.82) is 0 Å². The Labute approximate surface area is 97.4 Å². The van der Waals surface area contributed by atoms with Gasteiger partial charge in [-0.1, -0.05) is 13.3 Å². The van der Waals surface area contributed by atoms with E-state index in [0.29, 0.717) is 13.0 Å². The van der Waals surface area contributed by atoms with Gasteiger partial charge in [-0.15, -0.1) is 0 Å². The smallest absolute Gasteiger partial charge is 0.317 e. The van der Waals surface area contributed by atoms with E-state index in [1.807, 2.05) is 4.90 Å². The van der Waals surface area contributed by atoms with Gasteiger partial charge in [-0.2, -0.15) is 0 Å². The second-order valence-electron chi connectivity index (χ2n) is 4.52. The monoisotopic (exact) mass is 226 g/mol. The van der Waals surface area contributed by atoms with Gasteiger partial charge in [0.15, 0.2) is 0 Å².